The largest absolute Gasteiger partial charge is 0.460 e. The van der Waals surface area contributed by atoms with E-state index in [9.17, 15) is 4.79 Å². The molecule has 0 fully saturated rings. The molecule has 66 valence electrons. The maximum Gasteiger partial charge on any atom is 0.311 e. The van der Waals surface area contributed by atoms with Gasteiger partial charge in [-0.25, -0.2) is 0 Å². The first kappa shape index (κ1) is 10.4. The molecule has 0 radical (unpaired) electrons. The van der Waals surface area contributed by atoms with Crippen LogP contribution in [-0.2, 0) is 9.53 Å². The summed E-state index contributed by atoms with van der Waals surface area (Å²) in [5.41, 5.74) is -0.458. The molecule has 0 aromatic rings. The zero-order valence-corrected chi connectivity index (χ0v) is 7.55. The van der Waals surface area contributed by atoms with Crippen LogP contribution in [0.1, 0.15) is 27.7 Å². The first-order valence-corrected chi connectivity index (χ1v) is 3.70. The number of ether oxygens (including phenoxy) is 1. The van der Waals surface area contributed by atoms with Gasteiger partial charge in [0.1, 0.15) is 5.60 Å². The van der Waals surface area contributed by atoms with E-state index in [0.29, 0.717) is 0 Å². The van der Waals surface area contributed by atoms with Crippen molar-refractivity contribution >= 4 is 5.97 Å². The predicted molar refractivity (Wildman–Crippen MR) is 42.1 cm³/mol. The molecule has 0 amide bonds. The van der Waals surface area contributed by atoms with Crippen LogP contribution < -0.4 is 0 Å². The van der Waals surface area contributed by atoms with Crippen LogP contribution in [0.5, 0.6) is 0 Å². The van der Waals surface area contributed by atoms with Crippen molar-refractivity contribution in [3.05, 3.63) is 0 Å². The second-order valence-corrected chi connectivity index (χ2v) is 3.62. The van der Waals surface area contributed by atoms with Gasteiger partial charge in [0.25, 0.3) is 0 Å². The maximum absolute atomic E-state index is 11.0. The van der Waals surface area contributed by atoms with Gasteiger partial charge in [0.05, 0.1) is 12.5 Å². The summed E-state index contributed by atoms with van der Waals surface area (Å²) in [5, 5.41) is 8.60. The molecule has 0 aliphatic rings. The first-order chi connectivity index (χ1) is 4.87. The van der Waals surface area contributed by atoms with Crippen molar-refractivity contribution in [1.29, 1.82) is 0 Å². The second kappa shape index (κ2) is 3.72. The average molecular weight is 160 g/mol. The molecule has 0 aliphatic heterocycles. The molecule has 1 atom stereocenters. The van der Waals surface area contributed by atoms with Gasteiger partial charge in [0, 0.05) is 0 Å². The van der Waals surface area contributed by atoms with Crippen molar-refractivity contribution in [1.82, 2.24) is 0 Å². The molecular weight excluding hydrogens is 144 g/mol. The van der Waals surface area contributed by atoms with Crippen LogP contribution in [0, 0.1) is 5.92 Å². The average Bonchev–Trinajstić information content (AvgIpc) is 1.82. The highest BCUT2D eigenvalue weighted by Gasteiger charge is 2.20. The molecule has 1 unspecified atom stereocenters. The number of hydrogen-bond acceptors (Lipinski definition) is 3. The Bertz CT molecular complexity index is 135. The summed E-state index contributed by atoms with van der Waals surface area (Å²) in [7, 11) is 0. The molecule has 0 bridgehead atoms. The molecule has 0 spiro atoms. The Morgan fingerprint density at radius 1 is 1.55 bits per heavy atom. The Hall–Kier alpha value is -0.570. The standard InChI is InChI=1S/C8H16O3/c1-6(5-9)7(10)11-8(2,3)4/h6,9H,5H2,1-4H3. The molecule has 0 saturated heterocycles. The number of carbonyl (C=O) groups excluding carboxylic acids is 1. The second-order valence-electron chi connectivity index (χ2n) is 3.62. The zero-order valence-electron chi connectivity index (χ0n) is 7.55. The van der Waals surface area contributed by atoms with Crippen LogP contribution in [0.15, 0.2) is 0 Å². The lowest BCUT2D eigenvalue weighted by Crippen LogP contribution is -2.28. The van der Waals surface area contributed by atoms with Gasteiger partial charge in [0.2, 0.25) is 0 Å². The predicted octanol–water partition coefficient (Wildman–Crippen LogP) is 0.956. The smallest absolute Gasteiger partial charge is 0.311 e. The third-order valence-electron chi connectivity index (χ3n) is 1.08. The van der Waals surface area contributed by atoms with Crippen molar-refractivity contribution in [2.75, 3.05) is 6.61 Å². The van der Waals surface area contributed by atoms with E-state index in [2.05, 4.69) is 0 Å². The topological polar surface area (TPSA) is 46.5 Å². The molecule has 0 rings (SSSR count). The van der Waals surface area contributed by atoms with Crippen molar-refractivity contribution in [2.45, 2.75) is 33.3 Å². The lowest BCUT2D eigenvalue weighted by Gasteiger charge is -2.21. The minimum Gasteiger partial charge on any atom is -0.460 e. The normalized spacial score (nSPS) is 14.3. The van der Waals surface area contributed by atoms with Crippen LogP contribution >= 0.6 is 0 Å². The van der Waals surface area contributed by atoms with E-state index in [-0.39, 0.29) is 12.6 Å². The Balaban J connectivity index is 3.88. The highest BCUT2D eigenvalue weighted by Crippen LogP contribution is 2.10. The molecule has 0 aromatic carbocycles. The van der Waals surface area contributed by atoms with E-state index in [0.717, 1.165) is 0 Å². The lowest BCUT2D eigenvalue weighted by molar-refractivity contribution is -0.160. The molecule has 3 heteroatoms. The summed E-state index contributed by atoms with van der Waals surface area (Å²) in [6.07, 6.45) is 0. The summed E-state index contributed by atoms with van der Waals surface area (Å²) < 4.78 is 4.99. The van der Waals surface area contributed by atoms with Gasteiger partial charge in [-0.3, -0.25) is 4.79 Å². The van der Waals surface area contributed by atoms with E-state index < -0.39 is 11.5 Å². The van der Waals surface area contributed by atoms with Crippen LogP contribution in [-0.4, -0.2) is 23.3 Å². The third kappa shape index (κ3) is 4.79. The van der Waals surface area contributed by atoms with E-state index >= 15 is 0 Å². The van der Waals surface area contributed by atoms with Crippen molar-refractivity contribution in [2.24, 2.45) is 5.92 Å². The molecule has 0 aliphatic carbocycles. The summed E-state index contributed by atoms with van der Waals surface area (Å²) in [5.74, 6) is -0.769. The first-order valence-electron chi connectivity index (χ1n) is 3.70. The van der Waals surface area contributed by atoms with Gasteiger partial charge >= 0.3 is 5.97 Å². The monoisotopic (exact) mass is 160 g/mol. The minimum atomic E-state index is -0.458. The van der Waals surface area contributed by atoms with E-state index in [4.69, 9.17) is 9.84 Å². The zero-order chi connectivity index (χ0) is 9.07. The van der Waals surface area contributed by atoms with Crippen molar-refractivity contribution < 1.29 is 14.6 Å². The Morgan fingerprint density at radius 3 is 2.27 bits per heavy atom. The molecule has 11 heavy (non-hydrogen) atoms. The van der Waals surface area contributed by atoms with Crippen LogP contribution in [0.2, 0.25) is 0 Å². The quantitative estimate of drug-likeness (QED) is 0.612. The van der Waals surface area contributed by atoms with E-state index in [1.165, 1.54) is 0 Å². The van der Waals surface area contributed by atoms with Crippen LogP contribution in [0.4, 0.5) is 0 Å². The van der Waals surface area contributed by atoms with Crippen molar-refractivity contribution in [3.8, 4) is 0 Å². The van der Waals surface area contributed by atoms with Gasteiger partial charge in [0.15, 0.2) is 0 Å². The number of aliphatic hydroxyl groups is 1. The van der Waals surface area contributed by atoms with Gasteiger partial charge < -0.3 is 9.84 Å². The number of carbonyl (C=O) groups is 1. The number of aliphatic hydroxyl groups excluding tert-OH is 1. The molecule has 0 saturated carbocycles. The van der Waals surface area contributed by atoms with Crippen molar-refractivity contribution in [3.63, 3.8) is 0 Å². The highest BCUT2D eigenvalue weighted by molar-refractivity contribution is 5.72. The fraction of sp³-hybridized carbons (Fsp3) is 0.875. The van der Waals surface area contributed by atoms with Gasteiger partial charge in [-0.1, -0.05) is 0 Å². The van der Waals surface area contributed by atoms with Gasteiger partial charge in [-0.15, -0.1) is 0 Å². The number of esters is 1. The highest BCUT2D eigenvalue weighted by atomic mass is 16.6. The number of rotatable bonds is 2. The molecule has 0 aromatic heterocycles. The Kier molecular flexibility index (Phi) is 3.52. The lowest BCUT2D eigenvalue weighted by atomic mass is 10.1. The minimum absolute atomic E-state index is 0.158. The van der Waals surface area contributed by atoms with E-state index in [1.807, 2.05) is 0 Å². The SMILES string of the molecule is CC(CO)C(=O)OC(C)(C)C. The molecule has 1 N–H and O–H groups in total. The van der Waals surface area contributed by atoms with Gasteiger partial charge in [-0.2, -0.15) is 0 Å². The fourth-order valence-corrected chi connectivity index (χ4v) is 0.477. The summed E-state index contributed by atoms with van der Waals surface area (Å²) >= 11 is 0. The molecule has 3 nitrogen and oxygen atoms in total. The fourth-order valence-electron chi connectivity index (χ4n) is 0.477. The summed E-state index contributed by atoms with van der Waals surface area (Å²) in [6, 6.07) is 0. The molecule has 0 heterocycles. The van der Waals surface area contributed by atoms with Crippen LogP contribution in [0.25, 0.3) is 0 Å². The number of hydrogen-bond donors (Lipinski definition) is 1. The Labute approximate surface area is 67.4 Å². The van der Waals surface area contributed by atoms with E-state index in [1.54, 1.807) is 27.7 Å². The summed E-state index contributed by atoms with van der Waals surface area (Å²) in [4.78, 5) is 11.0. The molecular formula is C8H16O3. The third-order valence-corrected chi connectivity index (χ3v) is 1.08. The maximum atomic E-state index is 11.0. The Morgan fingerprint density at radius 2 is 2.00 bits per heavy atom. The van der Waals surface area contributed by atoms with Gasteiger partial charge in [-0.05, 0) is 27.7 Å². The summed E-state index contributed by atoms with van der Waals surface area (Å²) in [6.45, 7) is 6.88. The van der Waals surface area contributed by atoms with Crippen LogP contribution in [0.3, 0.4) is 0 Å².